The second-order valence-corrected chi connectivity index (χ2v) is 7.29. The SMILES string of the molecule is Cc1ccc2cc(CN3CCN(C(=O)c4ccc(F)cc4)CC3)c(=O)[nH]c2c1. The molecule has 5 nitrogen and oxygen atoms in total. The third-order valence-corrected chi connectivity index (χ3v) is 5.22. The van der Waals surface area contributed by atoms with Crippen LogP contribution in [0.15, 0.2) is 53.3 Å². The van der Waals surface area contributed by atoms with Gasteiger partial charge in [0.2, 0.25) is 0 Å². The zero-order valence-corrected chi connectivity index (χ0v) is 15.7. The second kappa shape index (κ2) is 7.56. The van der Waals surface area contributed by atoms with Crippen LogP contribution in [-0.2, 0) is 6.54 Å². The van der Waals surface area contributed by atoms with Gasteiger partial charge in [-0.2, -0.15) is 0 Å². The van der Waals surface area contributed by atoms with Crippen LogP contribution in [0.3, 0.4) is 0 Å². The quantitative estimate of drug-likeness (QED) is 0.761. The number of nitrogens with zero attached hydrogens (tertiary/aromatic N) is 2. The number of halogens is 1. The monoisotopic (exact) mass is 379 g/mol. The molecule has 1 aromatic heterocycles. The summed E-state index contributed by atoms with van der Waals surface area (Å²) in [4.78, 5) is 31.9. The van der Waals surface area contributed by atoms with Gasteiger partial charge in [-0.1, -0.05) is 12.1 Å². The molecule has 1 amide bonds. The number of nitrogens with one attached hydrogen (secondary N) is 1. The van der Waals surface area contributed by atoms with Crippen LogP contribution in [-0.4, -0.2) is 46.9 Å². The summed E-state index contributed by atoms with van der Waals surface area (Å²) in [6.07, 6.45) is 0. The maximum Gasteiger partial charge on any atom is 0.253 e. The lowest BCUT2D eigenvalue weighted by Gasteiger charge is -2.34. The van der Waals surface area contributed by atoms with Gasteiger partial charge in [-0.25, -0.2) is 4.39 Å². The van der Waals surface area contributed by atoms with Gasteiger partial charge in [-0.3, -0.25) is 14.5 Å². The summed E-state index contributed by atoms with van der Waals surface area (Å²) in [6, 6.07) is 13.6. The molecule has 1 aliphatic heterocycles. The molecule has 0 bridgehead atoms. The van der Waals surface area contributed by atoms with Gasteiger partial charge >= 0.3 is 0 Å². The lowest BCUT2D eigenvalue weighted by molar-refractivity contribution is 0.0628. The Kier molecular flexibility index (Phi) is 4.96. The van der Waals surface area contributed by atoms with Crippen LogP contribution in [0.5, 0.6) is 0 Å². The van der Waals surface area contributed by atoms with E-state index < -0.39 is 0 Å². The second-order valence-electron chi connectivity index (χ2n) is 7.29. The number of carbonyl (C=O) groups is 1. The van der Waals surface area contributed by atoms with Crippen molar-refractivity contribution >= 4 is 16.8 Å². The van der Waals surface area contributed by atoms with Crippen molar-refractivity contribution in [2.24, 2.45) is 0 Å². The number of amides is 1. The summed E-state index contributed by atoms with van der Waals surface area (Å²) in [5.41, 5.74) is 3.12. The number of fused-ring (bicyclic) bond motifs is 1. The Morgan fingerprint density at radius 3 is 2.46 bits per heavy atom. The highest BCUT2D eigenvalue weighted by Crippen LogP contribution is 2.15. The number of hydrogen-bond donors (Lipinski definition) is 1. The maximum atomic E-state index is 13.0. The highest BCUT2D eigenvalue weighted by atomic mass is 19.1. The molecule has 0 radical (unpaired) electrons. The van der Waals surface area contributed by atoms with Gasteiger partial charge in [0.05, 0.1) is 0 Å². The highest BCUT2D eigenvalue weighted by molar-refractivity contribution is 5.94. The molecule has 1 N–H and O–H groups in total. The Hall–Kier alpha value is -2.99. The van der Waals surface area contributed by atoms with E-state index in [-0.39, 0.29) is 17.3 Å². The third-order valence-electron chi connectivity index (χ3n) is 5.22. The first-order chi connectivity index (χ1) is 13.5. The van der Waals surface area contributed by atoms with Crippen molar-refractivity contribution < 1.29 is 9.18 Å². The van der Waals surface area contributed by atoms with Crippen LogP contribution < -0.4 is 5.56 Å². The summed E-state index contributed by atoms with van der Waals surface area (Å²) in [5, 5.41) is 1.02. The molecule has 2 aromatic carbocycles. The van der Waals surface area contributed by atoms with Gasteiger partial charge in [0.15, 0.2) is 0 Å². The maximum absolute atomic E-state index is 13.0. The fourth-order valence-corrected chi connectivity index (χ4v) is 3.60. The van der Waals surface area contributed by atoms with Crippen molar-refractivity contribution in [1.29, 1.82) is 0 Å². The van der Waals surface area contributed by atoms with Gasteiger partial charge in [0.25, 0.3) is 11.5 Å². The van der Waals surface area contributed by atoms with Crippen LogP contribution in [0.25, 0.3) is 10.9 Å². The fraction of sp³-hybridized carbons (Fsp3) is 0.273. The fourth-order valence-electron chi connectivity index (χ4n) is 3.60. The van der Waals surface area contributed by atoms with E-state index in [9.17, 15) is 14.0 Å². The first-order valence-electron chi connectivity index (χ1n) is 9.39. The summed E-state index contributed by atoms with van der Waals surface area (Å²) < 4.78 is 13.0. The van der Waals surface area contributed by atoms with Crippen LogP contribution in [0.4, 0.5) is 4.39 Å². The van der Waals surface area contributed by atoms with E-state index in [4.69, 9.17) is 0 Å². The van der Waals surface area contributed by atoms with Crippen molar-refractivity contribution in [3.63, 3.8) is 0 Å². The predicted octanol–water partition coefficient (Wildman–Crippen LogP) is 2.93. The number of rotatable bonds is 3. The van der Waals surface area contributed by atoms with Crippen LogP contribution in [0.1, 0.15) is 21.5 Å². The molecule has 28 heavy (non-hydrogen) atoms. The van der Waals surface area contributed by atoms with Gasteiger partial charge in [-0.05, 0) is 54.3 Å². The van der Waals surface area contributed by atoms with E-state index in [1.165, 1.54) is 24.3 Å². The van der Waals surface area contributed by atoms with E-state index in [0.29, 0.717) is 38.3 Å². The summed E-state index contributed by atoms with van der Waals surface area (Å²) in [6.45, 7) is 5.11. The Labute approximate surface area is 162 Å². The Morgan fingerprint density at radius 2 is 1.75 bits per heavy atom. The van der Waals surface area contributed by atoms with Crippen LogP contribution in [0.2, 0.25) is 0 Å². The molecule has 1 fully saturated rings. The molecule has 1 aliphatic rings. The lowest BCUT2D eigenvalue weighted by Crippen LogP contribution is -2.48. The average Bonchev–Trinajstić information content (AvgIpc) is 2.69. The summed E-state index contributed by atoms with van der Waals surface area (Å²) in [5.74, 6) is -0.435. The molecule has 1 saturated heterocycles. The Morgan fingerprint density at radius 1 is 1.04 bits per heavy atom. The van der Waals surface area contributed by atoms with E-state index >= 15 is 0 Å². The largest absolute Gasteiger partial charge is 0.336 e. The van der Waals surface area contributed by atoms with Crippen molar-refractivity contribution in [3.8, 4) is 0 Å². The molecule has 6 heteroatoms. The molecule has 144 valence electrons. The van der Waals surface area contributed by atoms with Crippen molar-refractivity contribution in [3.05, 3.63) is 81.4 Å². The number of aromatic nitrogens is 1. The van der Waals surface area contributed by atoms with Gasteiger partial charge in [-0.15, -0.1) is 0 Å². The number of H-pyrrole nitrogens is 1. The standard InChI is InChI=1S/C22H22FN3O2/c1-15-2-3-17-13-18(21(27)24-20(17)12-15)14-25-8-10-26(11-9-25)22(28)16-4-6-19(23)7-5-16/h2-7,12-13H,8-11,14H2,1H3,(H,24,27). The number of pyridine rings is 1. The number of aryl methyl sites for hydroxylation is 1. The molecule has 0 unspecified atom stereocenters. The number of hydrogen-bond acceptors (Lipinski definition) is 3. The van der Waals surface area contributed by atoms with Crippen molar-refractivity contribution in [2.75, 3.05) is 26.2 Å². The van der Waals surface area contributed by atoms with Gasteiger partial charge < -0.3 is 9.88 Å². The van der Waals surface area contributed by atoms with Gasteiger partial charge in [0.1, 0.15) is 5.82 Å². The third kappa shape index (κ3) is 3.82. The first kappa shape index (κ1) is 18.4. The normalized spacial score (nSPS) is 15.1. The number of carbonyl (C=O) groups excluding carboxylic acids is 1. The van der Waals surface area contributed by atoms with Gasteiger partial charge in [0, 0.05) is 49.4 Å². The molecule has 0 spiro atoms. The lowest BCUT2D eigenvalue weighted by atomic mass is 10.1. The summed E-state index contributed by atoms with van der Waals surface area (Å²) in [7, 11) is 0. The topological polar surface area (TPSA) is 56.4 Å². The highest BCUT2D eigenvalue weighted by Gasteiger charge is 2.22. The zero-order chi connectivity index (χ0) is 19.7. The van der Waals surface area contributed by atoms with E-state index in [2.05, 4.69) is 9.88 Å². The molecular formula is C22H22FN3O2. The molecular weight excluding hydrogens is 357 g/mol. The molecule has 4 rings (SSSR count). The predicted molar refractivity (Wildman–Crippen MR) is 107 cm³/mol. The van der Waals surface area contributed by atoms with Crippen molar-refractivity contribution in [1.82, 2.24) is 14.8 Å². The Bertz CT molecular complexity index is 1070. The number of benzene rings is 2. The van der Waals surface area contributed by atoms with Crippen molar-refractivity contribution in [2.45, 2.75) is 13.5 Å². The molecule has 0 aliphatic carbocycles. The smallest absolute Gasteiger partial charge is 0.253 e. The molecule has 0 saturated carbocycles. The zero-order valence-electron chi connectivity index (χ0n) is 15.7. The van der Waals surface area contributed by atoms with E-state index in [1.54, 1.807) is 4.90 Å². The first-order valence-corrected chi connectivity index (χ1v) is 9.39. The molecule has 0 atom stereocenters. The molecule has 2 heterocycles. The Balaban J connectivity index is 1.42. The minimum Gasteiger partial charge on any atom is -0.336 e. The van der Waals surface area contributed by atoms with E-state index in [0.717, 1.165) is 22.0 Å². The van der Waals surface area contributed by atoms with Crippen LogP contribution in [0, 0.1) is 12.7 Å². The number of piperazine rings is 1. The minimum atomic E-state index is -0.350. The average molecular weight is 379 g/mol. The van der Waals surface area contributed by atoms with Crippen LogP contribution >= 0.6 is 0 Å². The number of aromatic amines is 1. The van der Waals surface area contributed by atoms with E-state index in [1.807, 2.05) is 31.2 Å². The summed E-state index contributed by atoms with van der Waals surface area (Å²) >= 11 is 0. The molecule has 3 aromatic rings. The minimum absolute atomic E-state index is 0.0667.